The normalized spacial score (nSPS) is 13.7. The summed E-state index contributed by atoms with van der Waals surface area (Å²) in [6.07, 6.45) is 2.81. The van der Waals surface area contributed by atoms with E-state index in [9.17, 15) is 4.79 Å². The van der Waals surface area contributed by atoms with Crippen LogP contribution in [0, 0.1) is 5.92 Å². The van der Waals surface area contributed by atoms with E-state index in [0.29, 0.717) is 11.5 Å². The summed E-state index contributed by atoms with van der Waals surface area (Å²) in [7, 11) is 1.59. The standard InChI is InChI=1S/C10H20N2O2S/c1-4-6-7-15-10(12-14)8(5-2)9(13)11-3/h8,14H,4-7H2,1-3H3,(H,11,13)/b12-10-. The zero-order valence-corrected chi connectivity index (χ0v) is 10.4. The topological polar surface area (TPSA) is 61.7 Å². The van der Waals surface area contributed by atoms with E-state index >= 15 is 0 Å². The first kappa shape index (κ1) is 14.3. The molecule has 4 nitrogen and oxygen atoms in total. The van der Waals surface area contributed by atoms with E-state index in [4.69, 9.17) is 5.21 Å². The van der Waals surface area contributed by atoms with Crippen LogP contribution in [0.5, 0.6) is 0 Å². The predicted molar refractivity (Wildman–Crippen MR) is 64.4 cm³/mol. The maximum absolute atomic E-state index is 11.5. The lowest BCUT2D eigenvalue weighted by Crippen LogP contribution is -2.31. The van der Waals surface area contributed by atoms with Crippen molar-refractivity contribution in [3.8, 4) is 0 Å². The van der Waals surface area contributed by atoms with Crippen molar-refractivity contribution in [2.45, 2.75) is 33.1 Å². The van der Waals surface area contributed by atoms with Crippen LogP contribution in [0.2, 0.25) is 0 Å². The number of thioether (sulfide) groups is 1. The van der Waals surface area contributed by atoms with Gasteiger partial charge in [0.1, 0.15) is 5.04 Å². The van der Waals surface area contributed by atoms with Gasteiger partial charge in [0.25, 0.3) is 0 Å². The number of hydrogen-bond donors (Lipinski definition) is 2. The average molecular weight is 232 g/mol. The predicted octanol–water partition coefficient (Wildman–Crippen LogP) is 2.08. The highest BCUT2D eigenvalue weighted by atomic mass is 32.2. The number of hydrogen-bond acceptors (Lipinski definition) is 4. The highest BCUT2D eigenvalue weighted by Crippen LogP contribution is 2.18. The van der Waals surface area contributed by atoms with Crippen LogP contribution < -0.4 is 5.32 Å². The number of carbonyl (C=O) groups excluding carboxylic acids is 1. The molecular weight excluding hydrogens is 212 g/mol. The van der Waals surface area contributed by atoms with Gasteiger partial charge in [0, 0.05) is 7.05 Å². The molecule has 88 valence electrons. The molecule has 0 fully saturated rings. The average Bonchev–Trinajstić information content (AvgIpc) is 2.27. The summed E-state index contributed by atoms with van der Waals surface area (Å²) < 4.78 is 0. The number of nitrogens with one attached hydrogen (secondary N) is 1. The van der Waals surface area contributed by atoms with Gasteiger partial charge in [0.05, 0.1) is 5.92 Å². The van der Waals surface area contributed by atoms with Gasteiger partial charge >= 0.3 is 0 Å². The van der Waals surface area contributed by atoms with Crippen LogP contribution >= 0.6 is 11.8 Å². The van der Waals surface area contributed by atoms with Crippen molar-refractivity contribution in [1.82, 2.24) is 5.32 Å². The van der Waals surface area contributed by atoms with Gasteiger partial charge in [0.2, 0.25) is 5.91 Å². The third-order valence-electron chi connectivity index (χ3n) is 2.12. The van der Waals surface area contributed by atoms with E-state index in [2.05, 4.69) is 17.4 Å². The van der Waals surface area contributed by atoms with Gasteiger partial charge in [-0.05, 0) is 18.6 Å². The zero-order chi connectivity index (χ0) is 11.7. The lowest BCUT2D eigenvalue weighted by molar-refractivity contribution is -0.122. The molecule has 0 bridgehead atoms. The molecule has 5 heteroatoms. The Hall–Kier alpha value is -0.710. The van der Waals surface area contributed by atoms with Crippen LogP contribution in [0.25, 0.3) is 0 Å². The van der Waals surface area contributed by atoms with Crippen molar-refractivity contribution in [2.75, 3.05) is 12.8 Å². The smallest absolute Gasteiger partial charge is 0.229 e. The summed E-state index contributed by atoms with van der Waals surface area (Å²) in [5.41, 5.74) is 0. The molecule has 0 saturated carbocycles. The quantitative estimate of drug-likeness (QED) is 0.242. The SMILES string of the molecule is CCCCS/C(=N\O)C(CC)C(=O)NC. The third kappa shape index (κ3) is 5.06. The van der Waals surface area contributed by atoms with Crippen molar-refractivity contribution in [3.63, 3.8) is 0 Å². The van der Waals surface area contributed by atoms with E-state index < -0.39 is 0 Å². The number of unbranched alkanes of at least 4 members (excludes halogenated alkanes) is 1. The molecule has 1 atom stereocenters. The molecule has 1 amide bonds. The Bertz CT molecular complexity index is 219. The molecule has 0 saturated heterocycles. The Morgan fingerprint density at radius 1 is 1.53 bits per heavy atom. The Labute approximate surface area is 95.5 Å². The monoisotopic (exact) mass is 232 g/mol. The fraction of sp³-hybridized carbons (Fsp3) is 0.800. The van der Waals surface area contributed by atoms with Crippen molar-refractivity contribution >= 4 is 22.7 Å². The summed E-state index contributed by atoms with van der Waals surface area (Å²) in [6, 6.07) is 0. The van der Waals surface area contributed by atoms with Gasteiger partial charge < -0.3 is 10.5 Å². The van der Waals surface area contributed by atoms with Gasteiger partial charge in [-0.2, -0.15) is 0 Å². The van der Waals surface area contributed by atoms with Crippen LogP contribution in [0.4, 0.5) is 0 Å². The van der Waals surface area contributed by atoms with E-state index in [1.165, 1.54) is 11.8 Å². The fourth-order valence-corrected chi connectivity index (χ4v) is 2.34. The Morgan fingerprint density at radius 2 is 2.20 bits per heavy atom. The maximum atomic E-state index is 11.5. The van der Waals surface area contributed by atoms with E-state index in [1.54, 1.807) is 7.05 Å². The van der Waals surface area contributed by atoms with Crippen LogP contribution in [0.3, 0.4) is 0 Å². The second-order valence-electron chi connectivity index (χ2n) is 3.22. The number of nitrogens with zero attached hydrogens (tertiary/aromatic N) is 1. The molecule has 0 spiro atoms. The van der Waals surface area contributed by atoms with Gasteiger partial charge in [-0.1, -0.05) is 25.4 Å². The van der Waals surface area contributed by atoms with Gasteiger partial charge in [-0.3, -0.25) is 4.79 Å². The number of rotatable bonds is 6. The molecule has 2 N–H and O–H groups in total. The molecule has 15 heavy (non-hydrogen) atoms. The molecule has 0 aromatic rings. The minimum Gasteiger partial charge on any atom is -0.410 e. The van der Waals surface area contributed by atoms with Crippen LogP contribution in [-0.2, 0) is 4.79 Å². The zero-order valence-electron chi connectivity index (χ0n) is 9.62. The summed E-state index contributed by atoms with van der Waals surface area (Å²) in [4.78, 5) is 11.5. The molecule has 0 aliphatic carbocycles. The minimum absolute atomic E-state index is 0.0886. The Morgan fingerprint density at radius 3 is 2.60 bits per heavy atom. The first-order valence-corrected chi connectivity index (χ1v) is 6.26. The van der Waals surface area contributed by atoms with Crippen molar-refractivity contribution in [2.24, 2.45) is 11.1 Å². The maximum Gasteiger partial charge on any atom is 0.229 e. The summed E-state index contributed by atoms with van der Waals surface area (Å²) in [6.45, 7) is 4.01. The van der Waals surface area contributed by atoms with E-state index in [0.717, 1.165) is 18.6 Å². The van der Waals surface area contributed by atoms with Crippen LogP contribution in [-0.4, -0.2) is 29.0 Å². The lowest BCUT2D eigenvalue weighted by atomic mass is 10.1. The number of amides is 1. The molecular formula is C10H20N2O2S. The number of oxime groups is 1. The Kier molecular flexibility index (Phi) is 8.18. The lowest BCUT2D eigenvalue weighted by Gasteiger charge is -2.13. The summed E-state index contributed by atoms with van der Waals surface area (Å²) in [5, 5.41) is 15.2. The number of carbonyl (C=O) groups is 1. The first-order valence-electron chi connectivity index (χ1n) is 5.27. The van der Waals surface area contributed by atoms with Gasteiger partial charge in [-0.25, -0.2) is 0 Å². The fourth-order valence-electron chi connectivity index (χ4n) is 1.17. The molecule has 0 heterocycles. The second kappa shape index (κ2) is 8.59. The van der Waals surface area contributed by atoms with Crippen molar-refractivity contribution < 1.29 is 10.0 Å². The summed E-state index contributed by atoms with van der Waals surface area (Å²) >= 11 is 1.46. The molecule has 0 rings (SSSR count). The molecule has 0 aromatic heterocycles. The largest absolute Gasteiger partial charge is 0.410 e. The minimum atomic E-state index is -0.318. The molecule has 0 aromatic carbocycles. The molecule has 0 radical (unpaired) electrons. The van der Waals surface area contributed by atoms with Crippen LogP contribution in [0.1, 0.15) is 33.1 Å². The Balaban J connectivity index is 4.29. The second-order valence-corrected chi connectivity index (χ2v) is 4.33. The van der Waals surface area contributed by atoms with E-state index in [-0.39, 0.29) is 11.8 Å². The third-order valence-corrected chi connectivity index (χ3v) is 3.27. The van der Waals surface area contributed by atoms with Crippen LogP contribution in [0.15, 0.2) is 5.16 Å². The highest BCUT2D eigenvalue weighted by Gasteiger charge is 2.22. The summed E-state index contributed by atoms with van der Waals surface area (Å²) in [5.74, 6) is 0.486. The molecule has 0 aliphatic heterocycles. The van der Waals surface area contributed by atoms with Crippen molar-refractivity contribution in [1.29, 1.82) is 0 Å². The van der Waals surface area contributed by atoms with Gasteiger partial charge in [-0.15, -0.1) is 11.8 Å². The molecule has 0 aliphatic rings. The first-order chi connectivity index (χ1) is 7.21. The van der Waals surface area contributed by atoms with Crippen molar-refractivity contribution in [3.05, 3.63) is 0 Å². The van der Waals surface area contributed by atoms with E-state index in [1.807, 2.05) is 6.92 Å². The highest BCUT2D eigenvalue weighted by molar-refractivity contribution is 8.14. The van der Waals surface area contributed by atoms with Gasteiger partial charge in [0.15, 0.2) is 0 Å². The molecule has 1 unspecified atom stereocenters.